The lowest BCUT2D eigenvalue weighted by Gasteiger charge is -2.11. The average molecular weight is 351 g/mol. The Kier molecular flexibility index (Phi) is 5.09. The van der Waals surface area contributed by atoms with Crippen molar-refractivity contribution >= 4 is 29.0 Å². The van der Waals surface area contributed by atoms with E-state index in [4.69, 9.17) is 12.2 Å². The van der Waals surface area contributed by atoms with E-state index >= 15 is 0 Å². The molecule has 1 heterocycles. The molecule has 25 heavy (non-hydrogen) atoms. The van der Waals surface area contributed by atoms with Crippen LogP contribution in [0.15, 0.2) is 48.8 Å². The molecule has 5 nitrogen and oxygen atoms in total. The third-order valence-electron chi connectivity index (χ3n) is 4.00. The van der Waals surface area contributed by atoms with E-state index in [1.165, 1.54) is 16.7 Å². The van der Waals surface area contributed by atoms with E-state index < -0.39 is 0 Å². The molecule has 6 heteroatoms. The minimum absolute atomic E-state index is 0.474. The van der Waals surface area contributed by atoms with Crippen molar-refractivity contribution in [3.63, 3.8) is 0 Å². The van der Waals surface area contributed by atoms with Crippen molar-refractivity contribution in [1.82, 2.24) is 14.8 Å². The summed E-state index contributed by atoms with van der Waals surface area (Å²) in [4.78, 5) is 4.28. The third kappa shape index (κ3) is 4.42. The highest BCUT2D eigenvalue weighted by atomic mass is 32.1. The normalized spacial score (nSPS) is 10.5. The van der Waals surface area contributed by atoms with E-state index in [-0.39, 0.29) is 0 Å². The van der Waals surface area contributed by atoms with Gasteiger partial charge in [0.2, 0.25) is 5.95 Å². The van der Waals surface area contributed by atoms with Gasteiger partial charge in [0.05, 0.1) is 6.54 Å². The van der Waals surface area contributed by atoms with Gasteiger partial charge in [-0.1, -0.05) is 36.4 Å². The van der Waals surface area contributed by atoms with Gasteiger partial charge >= 0.3 is 0 Å². The molecule has 0 saturated carbocycles. The molecule has 3 rings (SSSR count). The zero-order chi connectivity index (χ0) is 17.8. The molecule has 0 bridgehead atoms. The number of aryl methyl sites for hydroxylation is 3. The Hall–Kier alpha value is -2.73. The fraction of sp³-hybridized carbons (Fsp3) is 0.211. The molecule has 2 N–H and O–H groups in total. The maximum absolute atomic E-state index is 5.37. The van der Waals surface area contributed by atoms with Crippen LogP contribution in [0.3, 0.4) is 0 Å². The second-order valence-electron chi connectivity index (χ2n) is 6.09. The summed E-state index contributed by atoms with van der Waals surface area (Å²) in [6.45, 7) is 6.86. The monoisotopic (exact) mass is 351 g/mol. The topological polar surface area (TPSA) is 54.8 Å². The molecular formula is C19H21N5S. The van der Waals surface area contributed by atoms with Crippen LogP contribution in [0.2, 0.25) is 0 Å². The molecule has 0 aliphatic carbocycles. The van der Waals surface area contributed by atoms with E-state index in [0.29, 0.717) is 17.6 Å². The van der Waals surface area contributed by atoms with E-state index in [1.54, 1.807) is 11.0 Å². The second-order valence-corrected chi connectivity index (χ2v) is 6.50. The number of nitrogens with one attached hydrogen (secondary N) is 2. The first-order chi connectivity index (χ1) is 12.0. The number of nitrogens with zero attached hydrogens (tertiary/aromatic N) is 3. The Labute approximate surface area is 153 Å². The van der Waals surface area contributed by atoms with E-state index in [9.17, 15) is 0 Å². The zero-order valence-corrected chi connectivity index (χ0v) is 15.4. The van der Waals surface area contributed by atoms with Gasteiger partial charge in [-0.25, -0.2) is 9.67 Å². The quantitative estimate of drug-likeness (QED) is 0.694. The van der Waals surface area contributed by atoms with Gasteiger partial charge < -0.3 is 5.32 Å². The Morgan fingerprint density at radius 1 is 1.04 bits per heavy atom. The van der Waals surface area contributed by atoms with Gasteiger partial charge in [0.15, 0.2) is 5.11 Å². The maximum atomic E-state index is 5.37. The number of thiocarbonyl (C=S) groups is 1. The average Bonchev–Trinajstić information content (AvgIpc) is 3.00. The van der Waals surface area contributed by atoms with Crippen molar-refractivity contribution in [2.75, 3.05) is 10.6 Å². The fourth-order valence-corrected chi connectivity index (χ4v) is 2.72. The molecule has 0 atom stereocenters. The molecule has 0 unspecified atom stereocenters. The summed E-state index contributed by atoms with van der Waals surface area (Å²) in [5.74, 6) is 0.483. The standard InChI is InChI=1S/C19H21N5S/c1-13-8-9-15(3)17(10-13)21-19(25)22-18-20-12-24(23-18)11-16-7-5-4-6-14(16)2/h4-10,12H,11H2,1-3H3,(H2,21,22,23,25). The van der Waals surface area contributed by atoms with Crippen molar-refractivity contribution in [1.29, 1.82) is 0 Å². The van der Waals surface area contributed by atoms with Crippen molar-refractivity contribution < 1.29 is 0 Å². The molecule has 2 aromatic carbocycles. The Morgan fingerprint density at radius 3 is 2.64 bits per heavy atom. The highest BCUT2D eigenvalue weighted by Crippen LogP contribution is 2.16. The molecule has 3 aromatic rings. The van der Waals surface area contributed by atoms with Crippen LogP contribution in [-0.2, 0) is 6.54 Å². The van der Waals surface area contributed by atoms with Gasteiger partial charge in [0.1, 0.15) is 6.33 Å². The Morgan fingerprint density at radius 2 is 1.84 bits per heavy atom. The number of benzene rings is 2. The lowest BCUT2D eigenvalue weighted by atomic mass is 10.1. The first-order valence-corrected chi connectivity index (χ1v) is 8.51. The molecule has 0 spiro atoms. The van der Waals surface area contributed by atoms with Gasteiger partial charge in [0, 0.05) is 5.69 Å². The van der Waals surface area contributed by atoms with Gasteiger partial charge in [-0.15, -0.1) is 5.10 Å². The fourth-order valence-electron chi connectivity index (χ4n) is 2.52. The summed E-state index contributed by atoms with van der Waals surface area (Å²) in [6, 6.07) is 14.5. The second kappa shape index (κ2) is 7.44. The molecule has 0 saturated heterocycles. The van der Waals surface area contributed by atoms with Crippen LogP contribution < -0.4 is 10.6 Å². The van der Waals surface area contributed by atoms with Crippen molar-refractivity contribution in [2.45, 2.75) is 27.3 Å². The predicted molar refractivity (Wildman–Crippen MR) is 106 cm³/mol. The summed E-state index contributed by atoms with van der Waals surface area (Å²) in [5, 5.41) is 11.1. The van der Waals surface area contributed by atoms with Crippen LogP contribution in [0, 0.1) is 20.8 Å². The smallest absolute Gasteiger partial charge is 0.248 e. The Bertz CT molecular complexity index is 900. The van der Waals surface area contributed by atoms with Gasteiger partial charge in [0.25, 0.3) is 0 Å². The Balaban J connectivity index is 1.64. The number of hydrogen-bond donors (Lipinski definition) is 2. The van der Waals surface area contributed by atoms with Crippen LogP contribution in [0.25, 0.3) is 0 Å². The highest BCUT2D eigenvalue weighted by molar-refractivity contribution is 7.80. The van der Waals surface area contributed by atoms with Crippen molar-refractivity contribution in [2.24, 2.45) is 0 Å². The molecular weight excluding hydrogens is 330 g/mol. The zero-order valence-electron chi connectivity index (χ0n) is 14.6. The van der Waals surface area contributed by atoms with Crippen LogP contribution in [0.5, 0.6) is 0 Å². The van der Waals surface area contributed by atoms with Crippen molar-refractivity contribution in [3.8, 4) is 0 Å². The summed E-state index contributed by atoms with van der Waals surface area (Å²) in [5.41, 5.74) is 5.75. The van der Waals surface area contributed by atoms with Crippen LogP contribution in [0.4, 0.5) is 11.6 Å². The van der Waals surface area contributed by atoms with Gasteiger partial charge in [-0.3, -0.25) is 5.32 Å². The molecule has 0 aliphatic rings. The largest absolute Gasteiger partial charge is 0.332 e. The maximum Gasteiger partial charge on any atom is 0.248 e. The van der Waals surface area contributed by atoms with Crippen molar-refractivity contribution in [3.05, 3.63) is 71.0 Å². The summed E-state index contributed by atoms with van der Waals surface area (Å²) in [6.07, 6.45) is 1.70. The van der Waals surface area contributed by atoms with Gasteiger partial charge in [-0.2, -0.15) is 0 Å². The third-order valence-corrected chi connectivity index (χ3v) is 4.20. The van der Waals surface area contributed by atoms with E-state index in [1.807, 2.05) is 19.1 Å². The van der Waals surface area contributed by atoms with Crippen LogP contribution >= 0.6 is 12.2 Å². The minimum Gasteiger partial charge on any atom is -0.332 e. The summed E-state index contributed by atoms with van der Waals surface area (Å²) in [7, 11) is 0. The minimum atomic E-state index is 0.474. The summed E-state index contributed by atoms with van der Waals surface area (Å²) < 4.78 is 1.80. The predicted octanol–water partition coefficient (Wildman–Crippen LogP) is 4.06. The first kappa shape index (κ1) is 17.1. The molecule has 0 radical (unpaired) electrons. The van der Waals surface area contributed by atoms with E-state index in [2.05, 4.69) is 64.9 Å². The summed E-state index contributed by atoms with van der Waals surface area (Å²) >= 11 is 5.37. The van der Waals surface area contributed by atoms with Gasteiger partial charge in [-0.05, 0) is 61.3 Å². The lowest BCUT2D eigenvalue weighted by molar-refractivity contribution is 0.684. The number of hydrogen-bond acceptors (Lipinski definition) is 3. The lowest BCUT2D eigenvalue weighted by Crippen LogP contribution is -2.20. The molecule has 1 aromatic heterocycles. The number of rotatable bonds is 4. The highest BCUT2D eigenvalue weighted by Gasteiger charge is 2.07. The van der Waals surface area contributed by atoms with Crippen LogP contribution in [0.1, 0.15) is 22.3 Å². The molecule has 0 amide bonds. The SMILES string of the molecule is Cc1ccc(C)c(NC(=S)Nc2ncn(Cc3ccccc3C)n2)c1. The molecule has 0 aliphatic heterocycles. The van der Waals surface area contributed by atoms with Crippen LogP contribution in [-0.4, -0.2) is 19.9 Å². The number of aromatic nitrogens is 3. The molecule has 0 fully saturated rings. The van der Waals surface area contributed by atoms with E-state index in [0.717, 1.165) is 11.3 Å². The first-order valence-electron chi connectivity index (χ1n) is 8.10. The number of anilines is 2. The molecule has 128 valence electrons.